The first-order valence-corrected chi connectivity index (χ1v) is 10.1. The molecule has 1 aromatic rings. The van der Waals surface area contributed by atoms with Gasteiger partial charge >= 0.3 is 0 Å². The Hall–Kier alpha value is -2.18. The minimum atomic E-state index is -0.216. The fraction of sp³-hybridized carbons (Fsp3) is 0.700. The number of hydrogen-bond acceptors (Lipinski definition) is 5. The molecule has 1 aromatic heterocycles. The molecule has 1 saturated carbocycles. The summed E-state index contributed by atoms with van der Waals surface area (Å²) in [6.07, 6.45) is 9.05. The zero-order chi connectivity index (χ0) is 19.4. The molecule has 1 aliphatic carbocycles. The first-order chi connectivity index (χ1) is 13.0. The first kappa shape index (κ1) is 19.6. The van der Waals surface area contributed by atoms with Crippen LogP contribution in [0.25, 0.3) is 0 Å². The molecule has 3 rings (SSSR count). The van der Waals surface area contributed by atoms with Crippen LogP contribution in [0, 0.1) is 11.8 Å². The van der Waals surface area contributed by atoms with E-state index in [2.05, 4.69) is 20.2 Å². The Bertz CT molecular complexity index is 651. The number of hydrogen-bond donors (Lipinski definition) is 1. The SMILES string of the molecule is CC(C)C(=O)NCCN(C)C(=O)C1CC2CCCCC2N1c1ncccn1. The number of aromatic nitrogens is 2. The second kappa shape index (κ2) is 8.67. The Morgan fingerprint density at radius 1 is 1.26 bits per heavy atom. The van der Waals surface area contributed by atoms with Crippen molar-refractivity contribution < 1.29 is 9.59 Å². The Morgan fingerprint density at radius 2 is 1.96 bits per heavy atom. The van der Waals surface area contributed by atoms with Crippen molar-refractivity contribution in [2.45, 2.75) is 58.0 Å². The number of nitrogens with zero attached hydrogens (tertiary/aromatic N) is 4. The van der Waals surface area contributed by atoms with Crippen molar-refractivity contribution >= 4 is 17.8 Å². The number of rotatable bonds is 6. The van der Waals surface area contributed by atoms with Crippen molar-refractivity contribution in [3.05, 3.63) is 18.5 Å². The quantitative estimate of drug-likeness (QED) is 0.823. The monoisotopic (exact) mass is 373 g/mol. The van der Waals surface area contributed by atoms with E-state index in [0.717, 1.165) is 12.8 Å². The molecule has 7 heteroatoms. The van der Waals surface area contributed by atoms with Crippen LogP contribution in [0.1, 0.15) is 46.0 Å². The molecule has 7 nitrogen and oxygen atoms in total. The average Bonchev–Trinajstić information content (AvgIpc) is 3.07. The lowest BCUT2D eigenvalue weighted by atomic mass is 9.85. The highest BCUT2D eigenvalue weighted by molar-refractivity contribution is 5.85. The lowest BCUT2D eigenvalue weighted by Gasteiger charge is -2.34. The van der Waals surface area contributed by atoms with Gasteiger partial charge in [0.15, 0.2) is 0 Å². The summed E-state index contributed by atoms with van der Waals surface area (Å²) >= 11 is 0. The molecule has 1 aliphatic heterocycles. The number of carbonyl (C=O) groups excluding carboxylic acids is 2. The third kappa shape index (κ3) is 4.39. The predicted octanol–water partition coefficient (Wildman–Crippen LogP) is 1.84. The fourth-order valence-electron chi connectivity index (χ4n) is 4.31. The number of carbonyl (C=O) groups is 2. The van der Waals surface area contributed by atoms with Gasteiger partial charge in [-0.25, -0.2) is 9.97 Å². The lowest BCUT2D eigenvalue weighted by Crippen LogP contribution is -2.49. The molecular weight excluding hydrogens is 342 g/mol. The van der Waals surface area contributed by atoms with Crippen LogP contribution in [-0.4, -0.2) is 58.9 Å². The molecule has 1 saturated heterocycles. The first-order valence-electron chi connectivity index (χ1n) is 10.1. The summed E-state index contributed by atoms with van der Waals surface area (Å²) in [7, 11) is 1.82. The van der Waals surface area contributed by atoms with Crippen LogP contribution in [0.2, 0.25) is 0 Å². The molecule has 0 bridgehead atoms. The van der Waals surface area contributed by atoms with Gasteiger partial charge in [-0.05, 0) is 31.2 Å². The fourth-order valence-corrected chi connectivity index (χ4v) is 4.31. The van der Waals surface area contributed by atoms with Crippen LogP contribution in [0.3, 0.4) is 0 Å². The van der Waals surface area contributed by atoms with E-state index in [1.54, 1.807) is 23.4 Å². The maximum absolute atomic E-state index is 13.2. The van der Waals surface area contributed by atoms with Crippen LogP contribution in [0.5, 0.6) is 0 Å². The molecule has 3 atom stereocenters. The van der Waals surface area contributed by atoms with E-state index in [1.165, 1.54) is 19.3 Å². The molecule has 2 aliphatic rings. The number of amides is 2. The highest BCUT2D eigenvalue weighted by Crippen LogP contribution is 2.41. The highest BCUT2D eigenvalue weighted by Gasteiger charge is 2.46. The summed E-state index contributed by atoms with van der Waals surface area (Å²) in [5, 5.41) is 2.88. The Balaban J connectivity index is 1.68. The van der Waals surface area contributed by atoms with Crippen LogP contribution in [-0.2, 0) is 9.59 Å². The molecule has 2 heterocycles. The maximum atomic E-state index is 13.2. The minimum absolute atomic E-state index is 0.0158. The van der Waals surface area contributed by atoms with Crippen molar-refractivity contribution in [1.82, 2.24) is 20.2 Å². The van der Waals surface area contributed by atoms with Crippen molar-refractivity contribution in [1.29, 1.82) is 0 Å². The van der Waals surface area contributed by atoms with E-state index in [9.17, 15) is 9.59 Å². The van der Waals surface area contributed by atoms with Gasteiger partial charge in [-0.15, -0.1) is 0 Å². The van der Waals surface area contributed by atoms with Crippen molar-refractivity contribution in [3.8, 4) is 0 Å². The third-order valence-electron chi connectivity index (χ3n) is 5.80. The lowest BCUT2D eigenvalue weighted by molar-refractivity contribution is -0.131. The van der Waals surface area contributed by atoms with Gasteiger partial charge in [0.25, 0.3) is 0 Å². The maximum Gasteiger partial charge on any atom is 0.245 e. The third-order valence-corrected chi connectivity index (χ3v) is 5.80. The second-order valence-electron chi connectivity index (χ2n) is 8.02. The van der Waals surface area contributed by atoms with E-state index in [1.807, 2.05) is 20.9 Å². The molecule has 148 valence electrons. The summed E-state index contributed by atoms with van der Waals surface area (Å²) in [5.74, 6) is 1.25. The van der Waals surface area contributed by atoms with Crippen LogP contribution >= 0.6 is 0 Å². The summed E-state index contributed by atoms with van der Waals surface area (Å²) < 4.78 is 0. The highest BCUT2D eigenvalue weighted by atomic mass is 16.2. The Morgan fingerprint density at radius 3 is 2.67 bits per heavy atom. The van der Waals surface area contributed by atoms with Gasteiger partial charge < -0.3 is 15.1 Å². The van der Waals surface area contributed by atoms with Gasteiger partial charge in [0.2, 0.25) is 17.8 Å². The number of likely N-dealkylation sites (N-methyl/N-ethyl adjacent to an activating group) is 1. The van der Waals surface area contributed by atoms with Crippen molar-refractivity contribution in [2.24, 2.45) is 11.8 Å². The van der Waals surface area contributed by atoms with E-state index < -0.39 is 0 Å². The van der Waals surface area contributed by atoms with Crippen molar-refractivity contribution in [3.63, 3.8) is 0 Å². The van der Waals surface area contributed by atoms with Gasteiger partial charge in [0.1, 0.15) is 6.04 Å². The molecule has 27 heavy (non-hydrogen) atoms. The largest absolute Gasteiger partial charge is 0.354 e. The van der Waals surface area contributed by atoms with E-state index in [0.29, 0.717) is 31.0 Å². The van der Waals surface area contributed by atoms with Gasteiger partial charge in [0.05, 0.1) is 0 Å². The number of nitrogens with one attached hydrogen (secondary N) is 1. The molecular formula is C20H31N5O2. The molecule has 1 N–H and O–H groups in total. The Labute approximate surface area is 161 Å². The molecule has 0 radical (unpaired) electrons. The summed E-state index contributed by atoms with van der Waals surface area (Å²) in [4.78, 5) is 37.7. The van der Waals surface area contributed by atoms with Gasteiger partial charge in [-0.3, -0.25) is 9.59 Å². The van der Waals surface area contributed by atoms with Gasteiger partial charge in [-0.1, -0.05) is 26.7 Å². The topological polar surface area (TPSA) is 78.4 Å². The zero-order valence-corrected chi connectivity index (χ0v) is 16.6. The zero-order valence-electron chi connectivity index (χ0n) is 16.6. The molecule has 0 aromatic carbocycles. The second-order valence-corrected chi connectivity index (χ2v) is 8.02. The van der Waals surface area contributed by atoms with Crippen LogP contribution in [0.15, 0.2) is 18.5 Å². The van der Waals surface area contributed by atoms with Crippen LogP contribution < -0.4 is 10.2 Å². The Kier molecular flexibility index (Phi) is 6.29. The molecule has 2 fully saturated rings. The van der Waals surface area contributed by atoms with Gasteiger partial charge in [0, 0.05) is 44.5 Å². The van der Waals surface area contributed by atoms with Crippen molar-refractivity contribution in [2.75, 3.05) is 25.0 Å². The molecule has 0 spiro atoms. The van der Waals surface area contributed by atoms with Gasteiger partial charge in [-0.2, -0.15) is 0 Å². The number of anilines is 1. The van der Waals surface area contributed by atoms with E-state index >= 15 is 0 Å². The summed E-state index contributed by atoms with van der Waals surface area (Å²) in [5.41, 5.74) is 0. The smallest absolute Gasteiger partial charge is 0.245 e. The molecule has 2 amide bonds. The minimum Gasteiger partial charge on any atom is -0.354 e. The van der Waals surface area contributed by atoms with E-state index in [-0.39, 0.29) is 23.8 Å². The average molecular weight is 374 g/mol. The molecule has 3 unspecified atom stereocenters. The van der Waals surface area contributed by atoms with E-state index in [4.69, 9.17) is 0 Å². The standard InChI is InChI=1S/C20H31N5O2/c1-14(2)18(26)21-11-12-24(3)19(27)17-13-15-7-4-5-8-16(15)25(17)20-22-9-6-10-23-20/h6,9-10,14-17H,4-5,7-8,11-13H2,1-3H3,(H,21,26). The summed E-state index contributed by atoms with van der Waals surface area (Å²) in [6.45, 7) is 4.71. The number of fused-ring (bicyclic) bond motifs is 1. The summed E-state index contributed by atoms with van der Waals surface area (Å²) in [6, 6.07) is 1.94. The van der Waals surface area contributed by atoms with Crippen LogP contribution in [0.4, 0.5) is 5.95 Å². The normalized spacial score (nSPS) is 24.6. The predicted molar refractivity (Wildman–Crippen MR) is 104 cm³/mol.